The molecule has 0 aliphatic carbocycles. The predicted octanol–water partition coefficient (Wildman–Crippen LogP) is 3.33. The number of aryl methyl sites for hydroxylation is 1. The Labute approximate surface area is 138 Å². The van der Waals surface area contributed by atoms with E-state index in [0.717, 1.165) is 9.87 Å². The summed E-state index contributed by atoms with van der Waals surface area (Å²) in [4.78, 5) is 3.20. The van der Waals surface area contributed by atoms with Crippen LogP contribution in [0.1, 0.15) is 30.0 Å². The minimum absolute atomic E-state index is 0.180. The van der Waals surface area contributed by atoms with Crippen molar-refractivity contribution in [1.82, 2.24) is 9.29 Å². The van der Waals surface area contributed by atoms with Crippen molar-refractivity contribution in [3.8, 4) is 0 Å². The largest absolute Gasteiger partial charge is 0.264 e. The van der Waals surface area contributed by atoms with E-state index in [9.17, 15) is 21.6 Å². The summed E-state index contributed by atoms with van der Waals surface area (Å²) in [6, 6.07) is 1.95. The van der Waals surface area contributed by atoms with Crippen molar-refractivity contribution >= 4 is 10.0 Å². The van der Waals surface area contributed by atoms with E-state index in [-0.39, 0.29) is 12.6 Å². The molecule has 0 saturated carbocycles. The number of halogens is 3. The van der Waals surface area contributed by atoms with Gasteiger partial charge in [-0.05, 0) is 37.0 Å². The third-order valence-electron chi connectivity index (χ3n) is 4.05. The highest BCUT2D eigenvalue weighted by molar-refractivity contribution is 7.89. The number of rotatable bonds is 3. The van der Waals surface area contributed by atoms with Crippen molar-refractivity contribution in [3.63, 3.8) is 0 Å². The van der Waals surface area contributed by atoms with Gasteiger partial charge in [0.1, 0.15) is 10.7 Å². The molecule has 1 aliphatic heterocycles. The fourth-order valence-electron chi connectivity index (χ4n) is 2.95. The lowest BCUT2D eigenvalue weighted by atomic mass is 10.1. The Bertz CT molecular complexity index is 887. The molecule has 8 heteroatoms. The van der Waals surface area contributed by atoms with Gasteiger partial charge in [-0.15, -0.1) is 0 Å². The molecule has 0 radical (unpaired) electrons. The van der Waals surface area contributed by atoms with Crippen molar-refractivity contribution in [3.05, 3.63) is 59.2 Å². The van der Waals surface area contributed by atoms with Crippen LogP contribution < -0.4 is 0 Å². The smallest absolute Gasteiger partial charge is 0.246 e. The van der Waals surface area contributed by atoms with Gasteiger partial charge in [-0.2, -0.15) is 4.31 Å². The summed E-state index contributed by atoms with van der Waals surface area (Å²) in [6.07, 6.45) is 4.35. The lowest BCUT2D eigenvalue weighted by Crippen LogP contribution is -2.31. The Balaban J connectivity index is 2.04. The molecule has 0 N–H and O–H groups in total. The van der Waals surface area contributed by atoms with Crippen LogP contribution in [-0.4, -0.2) is 24.3 Å². The van der Waals surface area contributed by atoms with Gasteiger partial charge in [-0.1, -0.05) is 6.07 Å². The maximum absolute atomic E-state index is 13.9. The quantitative estimate of drug-likeness (QED) is 0.793. The summed E-state index contributed by atoms with van der Waals surface area (Å²) in [7, 11) is -4.29. The lowest BCUT2D eigenvalue weighted by Gasteiger charge is -2.24. The van der Waals surface area contributed by atoms with Crippen molar-refractivity contribution in [1.29, 1.82) is 0 Å². The molecule has 1 atom stereocenters. The number of pyridine rings is 1. The van der Waals surface area contributed by atoms with Crippen LogP contribution in [0.2, 0.25) is 0 Å². The first-order chi connectivity index (χ1) is 11.3. The van der Waals surface area contributed by atoms with E-state index in [4.69, 9.17) is 0 Å². The molecule has 4 nitrogen and oxygen atoms in total. The molecule has 3 rings (SSSR count). The lowest BCUT2D eigenvalue weighted by molar-refractivity contribution is 0.391. The maximum Gasteiger partial charge on any atom is 0.246 e. The summed E-state index contributed by atoms with van der Waals surface area (Å²) < 4.78 is 67.1. The number of benzene rings is 1. The predicted molar refractivity (Wildman–Crippen MR) is 81.2 cm³/mol. The second-order valence-corrected chi connectivity index (χ2v) is 7.63. The summed E-state index contributed by atoms with van der Waals surface area (Å²) in [5, 5.41) is 0. The van der Waals surface area contributed by atoms with Gasteiger partial charge in [0.15, 0.2) is 11.6 Å². The second kappa shape index (κ2) is 6.18. The van der Waals surface area contributed by atoms with Gasteiger partial charge in [-0.3, -0.25) is 4.98 Å². The Morgan fingerprint density at radius 1 is 1.08 bits per heavy atom. The van der Waals surface area contributed by atoms with Crippen LogP contribution >= 0.6 is 0 Å². The van der Waals surface area contributed by atoms with Crippen LogP contribution in [0.15, 0.2) is 35.5 Å². The highest BCUT2D eigenvalue weighted by Gasteiger charge is 2.38. The zero-order chi connectivity index (χ0) is 17.5. The number of sulfonamides is 1. The molecule has 1 fully saturated rings. The SMILES string of the molecule is Cc1cncc(C2CCCN2S(=O)(=O)c2cc(F)c(F)cc2F)c1. The molecule has 128 valence electrons. The molecular weight excluding hydrogens is 341 g/mol. The molecule has 0 amide bonds. The van der Waals surface area contributed by atoms with Crippen molar-refractivity contribution in [2.45, 2.75) is 30.7 Å². The average molecular weight is 356 g/mol. The number of nitrogens with zero attached hydrogens (tertiary/aromatic N) is 2. The minimum Gasteiger partial charge on any atom is -0.264 e. The number of hydrogen-bond donors (Lipinski definition) is 0. The molecule has 1 aromatic heterocycles. The Morgan fingerprint density at radius 3 is 2.50 bits per heavy atom. The zero-order valence-electron chi connectivity index (χ0n) is 12.8. The summed E-state index contributed by atoms with van der Waals surface area (Å²) >= 11 is 0. The third-order valence-corrected chi connectivity index (χ3v) is 5.97. The normalized spacial score (nSPS) is 18.9. The van der Waals surface area contributed by atoms with Crippen molar-refractivity contribution in [2.24, 2.45) is 0 Å². The minimum atomic E-state index is -4.29. The highest BCUT2D eigenvalue weighted by atomic mass is 32.2. The average Bonchev–Trinajstić information content (AvgIpc) is 3.01. The fourth-order valence-corrected chi connectivity index (χ4v) is 4.69. The van der Waals surface area contributed by atoms with Gasteiger partial charge in [0.05, 0.1) is 6.04 Å². The molecule has 1 aromatic carbocycles. The van der Waals surface area contributed by atoms with Crippen LogP contribution in [0.4, 0.5) is 13.2 Å². The Kier molecular flexibility index (Phi) is 4.35. The van der Waals surface area contributed by atoms with E-state index in [0.29, 0.717) is 24.5 Å². The van der Waals surface area contributed by atoms with Gasteiger partial charge in [0.25, 0.3) is 0 Å². The van der Waals surface area contributed by atoms with Crippen molar-refractivity contribution in [2.75, 3.05) is 6.54 Å². The topological polar surface area (TPSA) is 50.3 Å². The molecule has 0 spiro atoms. The van der Waals surface area contributed by atoms with Gasteiger partial charge in [0, 0.05) is 25.0 Å². The maximum atomic E-state index is 13.9. The van der Waals surface area contributed by atoms with E-state index >= 15 is 0 Å². The molecule has 1 unspecified atom stereocenters. The monoisotopic (exact) mass is 356 g/mol. The van der Waals surface area contributed by atoms with E-state index in [1.54, 1.807) is 12.4 Å². The third kappa shape index (κ3) is 2.91. The summed E-state index contributed by atoms with van der Waals surface area (Å²) in [6.45, 7) is 2.01. The standard InChI is InChI=1S/C16H15F3N2O2S/c1-10-5-11(9-20-8-10)15-3-2-4-21(15)24(22,23)16-7-13(18)12(17)6-14(16)19/h5-9,15H,2-4H2,1H3. The first-order valence-corrected chi connectivity index (χ1v) is 8.82. The first-order valence-electron chi connectivity index (χ1n) is 7.38. The van der Waals surface area contributed by atoms with Crippen LogP contribution in [0, 0.1) is 24.4 Å². The van der Waals surface area contributed by atoms with Gasteiger partial charge >= 0.3 is 0 Å². The van der Waals surface area contributed by atoms with Gasteiger partial charge in [0.2, 0.25) is 10.0 Å². The van der Waals surface area contributed by atoms with Crippen LogP contribution in [0.3, 0.4) is 0 Å². The molecule has 1 aliphatic rings. The van der Waals surface area contributed by atoms with Gasteiger partial charge in [-0.25, -0.2) is 21.6 Å². The summed E-state index contributed by atoms with van der Waals surface area (Å²) in [5.41, 5.74) is 1.56. The Morgan fingerprint density at radius 2 is 1.79 bits per heavy atom. The molecule has 1 saturated heterocycles. The molecule has 24 heavy (non-hydrogen) atoms. The first kappa shape index (κ1) is 16.9. The van der Waals surface area contributed by atoms with E-state index < -0.39 is 38.4 Å². The molecule has 2 heterocycles. The highest BCUT2D eigenvalue weighted by Crippen LogP contribution is 2.37. The summed E-state index contributed by atoms with van der Waals surface area (Å²) in [5.74, 6) is -4.13. The Hall–Kier alpha value is -1.93. The molecule has 2 aromatic rings. The van der Waals surface area contributed by atoms with Gasteiger partial charge < -0.3 is 0 Å². The zero-order valence-corrected chi connectivity index (χ0v) is 13.7. The van der Waals surface area contributed by atoms with Crippen LogP contribution in [0.25, 0.3) is 0 Å². The van der Waals surface area contributed by atoms with Crippen molar-refractivity contribution < 1.29 is 21.6 Å². The van der Waals surface area contributed by atoms with Crippen LogP contribution in [0.5, 0.6) is 0 Å². The fraction of sp³-hybridized carbons (Fsp3) is 0.312. The van der Waals surface area contributed by atoms with E-state index in [1.807, 2.05) is 13.0 Å². The van der Waals surface area contributed by atoms with E-state index in [2.05, 4.69) is 4.98 Å². The van der Waals surface area contributed by atoms with E-state index in [1.165, 1.54) is 0 Å². The number of hydrogen-bond acceptors (Lipinski definition) is 3. The second-order valence-electron chi connectivity index (χ2n) is 5.77. The molecule has 0 bridgehead atoms. The number of aromatic nitrogens is 1. The molecular formula is C16H15F3N2O2S. The van der Waals surface area contributed by atoms with Crippen LogP contribution in [-0.2, 0) is 10.0 Å².